The third-order valence-electron chi connectivity index (χ3n) is 2.56. The summed E-state index contributed by atoms with van der Waals surface area (Å²) in [5.74, 6) is 1.44. The molecule has 16 heavy (non-hydrogen) atoms. The van der Waals surface area contributed by atoms with Gasteiger partial charge in [-0.1, -0.05) is 0 Å². The molecule has 3 N–H and O–H groups in total. The maximum atomic E-state index is 5.67. The minimum atomic E-state index is 0.251. The average Bonchev–Trinajstić information content (AvgIpc) is 2.79. The van der Waals surface area contributed by atoms with E-state index in [1.54, 1.807) is 7.11 Å². The third-order valence-corrected chi connectivity index (χ3v) is 2.56. The van der Waals surface area contributed by atoms with Crippen molar-refractivity contribution in [2.24, 2.45) is 0 Å². The zero-order valence-electron chi connectivity index (χ0n) is 9.27. The van der Waals surface area contributed by atoms with Crippen molar-refractivity contribution < 1.29 is 9.47 Å². The number of rotatable bonds is 4. The number of hydrogen-bond donors (Lipinski definition) is 2. The lowest BCUT2D eigenvalue weighted by Gasteiger charge is -2.13. The van der Waals surface area contributed by atoms with Crippen LogP contribution >= 0.6 is 0 Å². The molecule has 88 valence electrons. The molecule has 0 bridgehead atoms. The molecular weight excluding hydrogens is 208 g/mol. The summed E-state index contributed by atoms with van der Waals surface area (Å²) in [4.78, 5) is 7.95. The molecule has 6 heteroatoms. The first kappa shape index (κ1) is 10.9. The molecule has 1 saturated heterocycles. The predicted molar refractivity (Wildman–Crippen MR) is 60.5 cm³/mol. The van der Waals surface area contributed by atoms with Gasteiger partial charge in [0.15, 0.2) is 11.6 Å². The van der Waals surface area contributed by atoms with E-state index in [2.05, 4.69) is 15.3 Å². The van der Waals surface area contributed by atoms with Crippen molar-refractivity contribution in [2.75, 3.05) is 31.3 Å². The summed E-state index contributed by atoms with van der Waals surface area (Å²) in [6.07, 6.45) is 3.86. The van der Waals surface area contributed by atoms with Gasteiger partial charge >= 0.3 is 0 Å². The van der Waals surface area contributed by atoms with E-state index in [0.717, 1.165) is 19.4 Å². The highest BCUT2D eigenvalue weighted by Gasteiger charge is 2.16. The Bertz CT molecular complexity index is 353. The van der Waals surface area contributed by atoms with Gasteiger partial charge in [-0.25, -0.2) is 9.97 Å². The molecule has 2 rings (SSSR count). The van der Waals surface area contributed by atoms with E-state index >= 15 is 0 Å². The Kier molecular flexibility index (Phi) is 3.40. The molecule has 6 nitrogen and oxygen atoms in total. The summed E-state index contributed by atoms with van der Waals surface area (Å²) in [6.45, 7) is 1.56. The molecular formula is C10H16N4O2. The van der Waals surface area contributed by atoms with Crippen molar-refractivity contribution in [1.82, 2.24) is 9.97 Å². The monoisotopic (exact) mass is 224 g/mol. The van der Waals surface area contributed by atoms with Gasteiger partial charge in [-0.2, -0.15) is 0 Å². The number of methoxy groups -OCH3 is 1. The highest BCUT2D eigenvalue weighted by Crippen LogP contribution is 2.26. The number of ether oxygens (including phenoxy) is 2. The van der Waals surface area contributed by atoms with Crippen molar-refractivity contribution >= 4 is 11.6 Å². The van der Waals surface area contributed by atoms with Gasteiger partial charge in [-0.05, 0) is 12.8 Å². The average molecular weight is 224 g/mol. The highest BCUT2D eigenvalue weighted by atomic mass is 16.5. The first-order valence-electron chi connectivity index (χ1n) is 5.31. The van der Waals surface area contributed by atoms with Crippen LogP contribution in [0.3, 0.4) is 0 Å². The van der Waals surface area contributed by atoms with Crippen molar-refractivity contribution in [3.05, 3.63) is 6.33 Å². The Labute approximate surface area is 94.2 Å². The molecule has 1 aromatic rings. The van der Waals surface area contributed by atoms with Crippen molar-refractivity contribution in [3.8, 4) is 5.75 Å². The zero-order chi connectivity index (χ0) is 11.4. The van der Waals surface area contributed by atoms with E-state index in [9.17, 15) is 0 Å². The number of aromatic nitrogens is 2. The summed E-state index contributed by atoms with van der Waals surface area (Å²) in [5.41, 5.74) is 5.67. The van der Waals surface area contributed by atoms with Crippen LogP contribution in [0.1, 0.15) is 12.8 Å². The second kappa shape index (κ2) is 4.98. The van der Waals surface area contributed by atoms with Gasteiger partial charge in [0.2, 0.25) is 5.75 Å². The molecule has 1 fully saturated rings. The summed E-state index contributed by atoms with van der Waals surface area (Å²) in [7, 11) is 1.55. The lowest BCUT2D eigenvalue weighted by atomic mass is 10.2. The maximum absolute atomic E-state index is 5.67. The van der Waals surface area contributed by atoms with E-state index in [4.69, 9.17) is 15.2 Å². The topological polar surface area (TPSA) is 82.3 Å². The van der Waals surface area contributed by atoms with Crippen molar-refractivity contribution in [1.29, 1.82) is 0 Å². The van der Waals surface area contributed by atoms with Gasteiger partial charge in [0.25, 0.3) is 0 Å². The van der Waals surface area contributed by atoms with E-state index in [-0.39, 0.29) is 6.10 Å². The minimum absolute atomic E-state index is 0.251. The molecule has 1 aromatic heterocycles. The number of hydrogen-bond acceptors (Lipinski definition) is 6. The Morgan fingerprint density at radius 2 is 2.50 bits per heavy atom. The quantitative estimate of drug-likeness (QED) is 0.781. The van der Waals surface area contributed by atoms with Crippen LogP contribution in [0, 0.1) is 0 Å². The summed E-state index contributed by atoms with van der Waals surface area (Å²) in [6, 6.07) is 0. The second-order valence-electron chi connectivity index (χ2n) is 3.66. The molecule has 1 atom stereocenters. The van der Waals surface area contributed by atoms with Gasteiger partial charge in [-0.15, -0.1) is 0 Å². The Morgan fingerprint density at radius 3 is 3.19 bits per heavy atom. The number of nitrogens with two attached hydrogens (primary N) is 1. The molecule has 1 unspecified atom stereocenters. The van der Waals surface area contributed by atoms with Crippen molar-refractivity contribution in [3.63, 3.8) is 0 Å². The van der Waals surface area contributed by atoms with Crippen LogP contribution < -0.4 is 15.8 Å². The molecule has 0 saturated carbocycles. The fourth-order valence-corrected chi connectivity index (χ4v) is 1.73. The Hall–Kier alpha value is -1.56. The SMILES string of the molecule is COc1c(N)ncnc1NCC1CCCO1. The first-order chi connectivity index (χ1) is 7.81. The normalized spacial score (nSPS) is 19.7. The zero-order valence-corrected chi connectivity index (χ0v) is 9.27. The van der Waals surface area contributed by atoms with Crippen LogP contribution in [0.5, 0.6) is 5.75 Å². The summed E-state index contributed by atoms with van der Waals surface area (Å²) >= 11 is 0. The molecule has 0 aromatic carbocycles. The lowest BCUT2D eigenvalue weighted by molar-refractivity contribution is 0.120. The second-order valence-corrected chi connectivity index (χ2v) is 3.66. The van der Waals surface area contributed by atoms with E-state index in [0.29, 0.717) is 23.9 Å². The largest absolute Gasteiger partial charge is 0.490 e. The Balaban J connectivity index is 2.00. The van der Waals surface area contributed by atoms with Crippen LogP contribution in [0.15, 0.2) is 6.33 Å². The van der Waals surface area contributed by atoms with Crippen molar-refractivity contribution in [2.45, 2.75) is 18.9 Å². The standard InChI is InChI=1S/C10H16N4O2/c1-15-8-9(11)13-6-14-10(8)12-5-7-3-2-4-16-7/h6-7H,2-5H2,1H3,(H3,11,12,13,14). The molecule has 1 aliphatic heterocycles. The lowest BCUT2D eigenvalue weighted by Crippen LogP contribution is -2.19. The Morgan fingerprint density at radius 1 is 1.62 bits per heavy atom. The predicted octanol–water partition coefficient (Wildman–Crippen LogP) is 0.658. The van der Waals surface area contributed by atoms with Gasteiger partial charge in [-0.3, -0.25) is 0 Å². The summed E-state index contributed by atoms with van der Waals surface area (Å²) in [5, 5.41) is 3.17. The fourth-order valence-electron chi connectivity index (χ4n) is 1.73. The smallest absolute Gasteiger partial charge is 0.203 e. The maximum Gasteiger partial charge on any atom is 0.203 e. The fraction of sp³-hybridized carbons (Fsp3) is 0.600. The molecule has 0 amide bonds. The summed E-state index contributed by atoms with van der Waals surface area (Å²) < 4.78 is 10.6. The molecule has 2 heterocycles. The van der Waals surface area contributed by atoms with Crippen LogP contribution in [0.2, 0.25) is 0 Å². The number of anilines is 2. The van der Waals surface area contributed by atoms with Crippen LogP contribution in [-0.2, 0) is 4.74 Å². The van der Waals surface area contributed by atoms with Crippen LogP contribution in [-0.4, -0.2) is 36.3 Å². The number of nitrogens with one attached hydrogen (secondary N) is 1. The number of nitrogen functional groups attached to an aromatic ring is 1. The van der Waals surface area contributed by atoms with E-state index in [1.165, 1.54) is 6.33 Å². The highest BCUT2D eigenvalue weighted by molar-refractivity contribution is 5.61. The molecule has 0 aliphatic carbocycles. The van der Waals surface area contributed by atoms with Gasteiger partial charge < -0.3 is 20.5 Å². The van der Waals surface area contributed by atoms with E-state index in [1.807, 2.05) is 0 Å². The molecule has 0 radical (unpaired) electrons. The molecule has 0 spiro atoms. The van der Waals surface area contributed by atoms with Gasteiger partial charge in [0.1, 0.15) is 6.33 Å². The number of nitrogens with zero attached hydrogens (tertiary/aromatic N) is 2. The first-order valence-corrected chi connectivity index (χ1v) is 5.31. The van der Waals surface area contributed by atoms with E-state index < -0.39 is 0 Å². The van der Waals surface area contributed by atoms with Crippen LogP contribution in [0.25, 0.3) is 0 Å². The minimum Gasteiger partial charge on any atom is -0.490 e. The molecule has 1 aliphatic rings. The third kappa shape index (κ3) is 2.33. The van der Waals surface area contributed by atoms with Gasteiger partial charge in [0.05, 0.1) is 13.2 Å². The van der Waals surface area contributed by atoms with Crippen LogP contribution in [0.4, 0.5) is 11.6 Å². The van der Waals surface area contributed by atoms with Gasteiger partial charge in [0, 0.05) is 13.2 Å².